The molecule has 0 saturated heterocycles. The molecule has 0 fully saturated rings. The maximum absolute atomic E-state index is 13.8. The molecule has 29 heavy (non-hydrogen) atoms. The fourth-order valence-electron chi connectivity index (χ4n) is 4.36. The molecule has 152 valence electrons. The molecule has 2 aromatic rings. The topological polar surface area (TPSA) is 17.1 Å². The number of hydrogen-bond donors (Lipinski definition) is 0. The number of Topliss-reactive ketones (excluding diaryl/α,β-unsaturated/α-hetero) is 1. The van der Waals surface area contributed by atoms with Gasteiger partial charge in [-0.2, -0.15) is 0 Å². The van der Waals surface area contributed by atoms with E-state index >= 15 is 0 Å². The molecule has 0 radical (unpaired) electrons. The summed E-state index contributed by atoms with van der Waals surface area (Å²) in [6.07, 6.45) is 4.59. The highest BCUT2D eigenvalue weighted by atomic mass is 16.1. The molecule has 0 N–H and O–H groups in total. The van der Waals surface area contributed by atoms with E-state index in [4.69, 9.17) is 0 Å². The monoisotopic (exact) mass is 386 g/mol. The number of carbonyl (C=O) groups is 1. The summed E-state index contributed by atoms with van der Waals surface area (Å²) in [5.74, 6) is 0.103. The van der Waals surface area contributed by atoms with E-state index in [-0.39, 0.29) is 11.3 Å². The van der Waals surface area contributed by atoms with Crippen molar-refractivity contribution in [3.63, 3.8) is 0 Å². The Morgan fingerprint density at radius 2 is 1.34 bits per heavy atom. The van der Waals surface area contributed by atoms with Crippen molar-refractivity contribution in [3.05, 3.63) is 89.5 Å². The zero-order valence-corrected chi connectivity index (χ0v) is 18.9. The van der Waals surface area contributed by atoms with Crippen LogP contribution in [0.4, 0.5) is 0 Å². The van der Waals surface area contributed by atoms with Gasteiger partial charge in [-0.1, -0.05) is 127 Å². The number of benzene rings is 2. The Morgan fingerprint density at radius 3 is 1.83 bits per heavy atom. The first kappa shape index (κ1) is 21.3. The second-order valence-electron chi connectivity index (χ2n) is 10.5. The largest absolute Gasteiger partial charge is 0.298 e. The molecule has 0 heterocycles. The predicted octanol–water partition coefficient (Wildman–Crippen LogP) is 7.25. The Balaban J connectivity index is 2.32. The Hall–Kier alpha value is -2.41. The van der Waals surface area contributed by atoms with Crippen molar-refractivity contribution in [2.24, 2.45) is 16.7 Å². The molecule has 2 atom stereocenters. The van der Waals surface area contributed by atoms with E-state index < -0.39 is 10.8 Å². The molecule has 0 bridgehead atoms. The minimum atomic E-state index is -0.414. The van der Waals surface area contributed by atoms with E-state index in [1.807, 2.05) is 32.9 Å². The third kappa shape index (κ3) is 4.15. The van der Waals surface area contributed by atoms with Crippen molar-refractivity contribution in [2.75, 3.05) is 0 Å². The van der Waals surface area contributed by atoms with Crippen LogP contribution in [0, 0.1) is 16.7 Å². The molecule has 1 heteroatoms. The molecule has 1 aliphatic rings. The fraction of sp³-hybridized carbons (Fsp3) is 0.393. The molecule has 0 amide bonds. The van der Waals surface area contributed by atoms with Crippen LogP contribution in [0.1, 0.15) is 59.6 Å². The first-order valence-electron chi connectivity index (χ1n) is 10.5. The second-order valence-corrected chi connectivity index (χ2v) is 10.5. The van der Waals surface area contributed by atoms with E-state index in [1.165, 1.54) is 22.3 Å². The lowest BCUT2D eigenvalue weighted by Crippen LogP contribution is -2.46. The van der Waals surface area contributed by atoms with Crippen molar-refractivity contribution < 1.29 is 4.79 Å². The Bertz CT molecular complexity index is 933. The van der Waals surface area contributed by atoms with E-state index in [9.17, 15) is 4.79 Å². The highest BCUT2D eigenvalue weighted by Crippen LogP contribution is 2.51. The zero-order valence-electron chi connectivity index (χ0n) is 18.9. The quantitative estimate of drug-likeness (QED) is 0.543. The SMILES string of the molecule is CC(C)(C)C(=O)[C@@H]1C(C(C)(C)C)=CC(c2ccccc2)=C[C@@]1(C)c1ccccc1. The van der Waals surface area contributed by atoms with Crippen molar-refractivity contribution in [1.29, 1.82) is 0 Å². The van der Waals surface area contributed by atoms with Gasteiger partial charge in [-0.25, -0.2) is 0 Å². The van der Waals surface area contributed by atoms with Crippen LogP contribution in [0.15, 0.2) is 78.4 Å². The van der Waals surface area contributed by atoms with Gasteiger partial charge in [0, 0.05) is 10.8 Å². The summed E-state index contributed by atoms with van der Waals surface area (Å²) in [6, 6.07) is 21.0. The van der Waals surface area contributed by atoms with E-state index in [0.29, 0.717) is 5.78 Å². The minimum absolute atomic E-state index is 0.115. The average molecular weight is 387 g/mol. The van der Waals surface area contributed by atoms with Gasteiger partial charge in [0.2, 0.25) is 0 Å². The van der Waals surface area contributed by atoms with Gasteiger partial charge in [0.15, 0.2) is 0 Å². The van der Waals surface area contributed by atoms with E-state index in [2.05, 4.69) is 88.4 Å². The smallest absolute Gasteiger partial charge is 0.146 e. The molecule has 3 rings (SSSR count). The van der Waals surface area contributed by atoms with Gasteiger partial charge in [-0.3, -0.25) is 4.79 Å². The predicted molar refractivity (Wildman–Crippen MR) is 124 cm³/mol. The molecule has 0 unspecified atom stereocenters. The van der Waals surface area contributed by atoms with Crippen molar-refractivity contribution in [2.45, 2.75) is 53.9 Å². The standard InChI is InChI=1S/C28H34O/c1-26(2,3)23-18-21(20-14-10-8-11-15-20)19-28(7,22-16-12-9-13-17-22)24(23)25(29)27(4,5)6/h8-19,24H,1-7H3/t24-,28-/m0/s1. The third-order valence-corrected chi connectivity index (χ3v) is 6.05. The first-order chi connectivity index (χ1) is 13.4. The summed E-state index contributed by atoms with van der Waals surface area (Å²) in [7, 11) is 0. The van der Waals surface area contributed by atoms with Gasteiger partial charge in [0.25, 0.3) is 0 Å². The summed E-state index contributed by atoms with van der Waals surface area (Å²) in [5, 5.41) is 0. The van der Waals surface area contributed by atoms with Crippen LogP contribution in [0.25, 0.3) is 5.57 Å². The highest BCUT2D eigenvalue weighted by molar-refractivity contribution is 5.93. The lowest BCUT2D eigenvalue weighted by molar-refractivity contribution is -0.131. The zero-order chi connectivity index (χ0) is 21.4. The molecular formula is C28H34O. The normalized spacial score (nSPS) is 22.7. The van der Waals surface area contributed by atoms with Crippen LogP contribution in [0.3, 0.4) is 0 Å². The van der Waals surface area contributed by atoms with Crippen molar-refractivity contribution in [1.82, 2.24) is 0 Å². The minimum Gasteiger partial charge on any atom is -0.298 e. The molecule has 0 aromatic heterocycles. The molecular weight excluding hydrogens is 352 g/mol. The number of ketones is 1. The number of rotatable bonds is 3. The maximum atomic E-state index is 13.8. The van der Waals surface area contributed by atoms with Crippen LogP contribution < -0.4 is 0 Å². The summed E-state index contributed by atoms with van der Waals surface area (Å²) in [4.78, 5) is 13.8. The molecule has 2 aromatic carbocycles. The van der Waals surface area contributed by atoms with Crippen molar-refractivity contribution >= 4 is 11.4 Å². The van der Waals surface area contributed by atoms with Crippen LogP contribution in [0.5, 0.6) is 0 Å². The van der Waals surface area contributed by atoms with Crippen LogP contribution in [0.2, 0.25) is 0 Å². The highest BCUT2D eigenvalue weighted by Gasteiger charge is 2.48. The number of allylic oxidation sites excluding steroid dienone is 4. The van der Waals surface area contributed by atoms with Gasteiger partial charge in [0.1, 0.15) is 5.78 Å². The van der Waals surface area contributed by atoms with Gasteiger partial charge in [0.05, 0.1) is 5.92 Å². The lowest BCUT2D eigenvalue weighted by Gasteiger charge is -2.46. The molecule has 1 aliphatic carbocycles. The van der Waals surface area contributed by atoms with Crippen LogP contribution in [-0.4, -0.2) is 5.78 Å². The molecule has 0 spiro atoms. The van der Waals surface area contributed by atoms with Crippen molar-refractivity contribution in [3.8, 4) is 0 Å². The average Bonchev–Trinajstić information content (AvgIpc) is 2.67. The Kier molecular flexibility index (Phi) is 5.47. The fourth-order valence-corrected chi connectivity index (χ4v) is 4.36. The lowest BCUT2D eigenvalue weighted by atomic mass is 9.56. The first-order valence-corrected chi connectivity index (χ1v) is 10.5. The third-order valence-electron chi connectivity index (χ3n) is 6.05. The summed E-state index contributed by atoms with van der Waals surface area (Å²) < 4.78 is 0. The molecule has 0 saturated carbocycles. The summed E-state index contributed by atoms with van der Waals surface area (Å²) >= 11 is 0. The van der Waals surface area contributed by atoms with Gasteiger partial charge in [-0.15, -0.1) is 0 Å². The number of hydrogen-bond acceptors (Lipinski definition) is 1. The summed E-state index contributed by atoms with van der Waals surface area (Å²) in [5.41, 5.74) is 3.85. The molecule has 1 nitrogen and oxygen atoms in total. The van der Waals surface area contributed by atoms with Gasteiger partial charge < -0.3 is 0 Å². The van der Waals surface area contributed by atoms with Crippen LogP contribution in [-0.2, 0) is 10.2 Å². The Labute approximate surface area is 176 Å². The van der Waals surface area contributed by atoms with Crippen LogP contribution >= 0.6 is 0 Å². The van der Waals surface area contributed by atoms with Gasteiger partial charge in [-0.05, 0) is 22.1 Å². The second kappa shape index (κ2) is 7.44. The van der Waals surface area contributed by atoms with E-state index in [1.54, 1.807) is 0 Å². The molecule has 0 aliphatic heterocycles. The number of carbonyl (C=O) groups excluding carboxylic acids is 1. The Morgan fingerprint density at radius 1 is 0.828 bits per heavy atom. The summed E-state index contributed by atoms with van der Waals surface area (Å²) in [6.45, 7) is 15.0. The van der Waals surface area contributed by atoms with E-state index in [0.717, 1.165) is 0 Å². The van der Waals surface area contributed by atoms with Gasteiger partial charge >= 0.3 is 0 Å². The maximum Gasteiger partial charge on any atom is 0.146 e.